The van der Waals surface area contributed by atoms with Gasteiger partial charge in [-0.1, -0.05) is 93.6 Å². The predicted octanol–water partition coefficient (Wildman–Crippen LogP) is 7.72. The van der Waals surface area contributed by atoms with Gasteiger partial charge in [-0.15, -0.1) is 0 Å². The first-order valence-corrected chi connectivity index (χ1v) is 15.0. The molecular formula is C33H34Cl2FN3O2. The van der Waals surface area contributed by atoms with Gasteiger partial charge in [0.05, 0.1) is 11.1 Å². The minimum atomic E-state index is -1.25. The van der Waals surface area contributed by atoms with Gasteiger partial charge in [0.1, 0.15) is 11.2 Å². The van der Waals surface area contributed by atoms with Crippen LogP contribution in [0.3, 0.4) is 0 Å². The lowest BCUT2D eigenvalue weighted by Crippen LogP contribution is -2.60. The van der Waals surface area contributed by atoms with Crippen molar-refractivity contribution in [3.63, 3.8) is 0 Å². The maximum Gasteiger partial charge on any atom is 0.242 e. The van der Waals surface area contributed by atoms with Crippen LogP contribution in [-0.2, 0) is 20.4 Å². The van der Waals surface area contributed by atoms with Crippen LogP contribution in [0.2, 0.25) is 10.0 Å². The molecule has 6 rings (SSSR count). The molecule has 3 aliphatic rings. The highest BCUT2D eigenvalue weighted by Crippen LogP contribution is 2.62. The van der Waals surface area contributed by atoms with Gasteiger partial charge in [0.2, 0.25) is 11.8 Å². The predicted molar refractivity (Wildman–Crippen MR) is 162 cm³/mol. The SMILES string of the molecule is CC(C)(C)c1ccc(NC(=O)[C@@H]2NC3(CCCCC3)[C@@]3(C(=O)Nc4cc(Cl)ccc43)[C@H]2c2cccc(Cl)c2F)cc1. The van der Waals surface area contributed by atoms with Gasteiger partial charge in [-0.05, 0) is 65.3 Å². The van der Waals surface area contributed by atoms with Crippen LogP contribution in [0.15, 0.2) is 60.7 Å². The summed E-state index contributed by atoms with van der Waals surface area (Å²) in [6.45, 7) is 6.40. The summed E-state index contributed by atoms with van der Waals surface area (Å²) >= 11 is 12.7. The summed E-state index contributed by atoms with van der Waals surface area (Å²) in [5.74, 6) is -2.06. The van der Waals surface area contributed by atoms with Crippen LogP contribution in [0, 0.1) is 5.82 Å². The lowest BCUT2D eigenvalue weighted by atomic mass is 9.55. The molecule has 0 bridgehead atoms. The Bertz CT molecular complexity index is 1530. The summed E-state index contributed by atoms with van der Waals surface area (Å²) in [5, 5.41) is 10.2. The van der Waals surface area contributed by atoms with Gasteiger partial charge in [0.25, 0.3) is 0 Å². The fraction of sp³-hybridized carbons (Fsp3) is 0.394. The molecule has 1 saturated heterocycles. The Hall–Kier alpha value is -2.93. The van der Waals surface area contributed by atoms with E-state index in [1.807, 2.05) is 30.3 Å². The van der Waals surface area contributed by atoms with Crippen molar-refractivity contribution >= 4 is 46.4 Å². The first-order valence-electron chi connectivity index (χ1n) is 14.2. The lowest BCUT2D eigenvalue weighted by Gasteiger charge is -2.47. The molecular weight excluding hydrogens is 560 g/mol. The molecule has 3 N–H and O–H groups in total. The Morgan fingerprint density at radius 1 is 1.00 bits per heavy atom. The van der Waals surface area contributed by atoms with Gasteiger partial charge in [0.15, 0.2) is 0 Å². The summed E-state index contributed by atoms with van der Waals surface area (Å²) in [5.41, 5.74) is 1.30. The van der Waals surface area contributed by atoms with E-state index in [0.717, 1.165) is 30.4 Å². The van der Waals surface area contributed by atoms with Crippen LogP contribution >= 0.6 is 23.2 Å². The molecule has 41 heavy (non-hydrogen) atoms. The molecule has 1 aliphatic carbocycles. The fourth-order valence-electron chi connectivity index (χ4n) is 7.49. The van der Waals surface area contributed by atoms with Crippen molar-refractivity contribution in [3.8, 4) is 0 Å². The molecule has 0 aromatic heterocycles. The molecule has 0 unspecified atom stereocenters. The molecule has 1 saturated carbocycles. The second-order valence-electron chi connectivity index (χ2n) is 12.7. The van der Waals surface area contributed by atoms with Crippen LogP contribution < -0.4 is 16.0 Å². The highest BCUT2D eigenvalue weighted by atomic mass is 35.5. The Morgan fingerprint density at radius 2 is 1.71 bits per heavy atom. The lowest BCUT2D eigenvalue weighted by molar-refractivity contribution is -0.124. The van der Waals surface area contributed by atoms with E-state index in [2.05, 4.69) is 36.7 Å². The molecule has 3 aromatic rings. The van der Waals surface area contributed by atoms with Crippen LogP contribution in [0.25, 0.3) is 0 Å². The summed E-state index contributed by atoms with van der Waals surface area (Å²) in [6, 6.07) is 17.0. The van der Waals surface area contributed by atoms with E-state index in [1.54, 1.807) is 24.3 Å². The quantitative estimate of drug-likeness (QED) is 0.291. The molecule has 3 atom stereocenters. The largest absolute Gasteiger partial charge is 0.325 e. The average molecular weight is 595 g/mol. The molecule has 2 spiro atoms. The number of benzene rings is 3. The van der Waals surface area contributed by atoms with Gasteiger partial charge >= 0.3 is 0 Å². The van der Waals surface area contributed by atoms with E-state index in [1.165, 1.54) is 6.07 Å². The summed E-state index contributed by atoms with van der Waals surface area (Å²) < 4.78 is 16.0. The van der Waals surface area contributed by atoms with E-state index in [0.29, 0.717) is 29.2 Å². The first-order chi connectivity index (χ1) is 19.5. The van der Waals surface area contributed by atoms with Crippen molar-refractivity contribution in [2.75, 3.05) is 10.6 Å². The normalized spacial score (nSPS) is 24.9. The second-order valence-corrected chi connectivity index (χ2v) is 13.5. The van der Waals surface area contributed by atoms with Crippen LogP contribution in [0.4, 0.5) is 15.8 Å². The summed E-state index contributed by atoms with van der Waals surface area (Å²) in [6.07, 6.45) is 4.15. The Kier molecular flexibility index (Phi) is 6.95. The van der Waals surface area contributed by atoms with Gasteiger partial charge in [-0.3, -0.25) is 14.9 Å². The Morgan fingerprint density at radius 3 is 2.39 bits per heavy atom. The van der Waals surface area contributed by atoms with Crippen molar-refractivity contribution in [2.45, 2.75) is 81.2 Å². The van der Waals surface area contributed by atoms with Gasteiger partial charge in [0, 0.05) is 27.9 Å². The van der Waals surface area contributed by atoms with Crippen molar-refractivity contribution in [2.24, 2.45) is 0 Å². The average Bonchev–Trinajstić information content (AvgIpc) is 3.38. The zero-order valence-electron chi connectivity index (χ0n) is 23.4. The standard InChI is InChI=1S/C33H34Cl2FN3O2/c1-31(2,3)19-10-13-21(14-11-19)37-29(40)28-26(22-8-7-9-24(35)27(22)36)33(32(39-28)16-5-4-6-17-32)23-15-12-20(34)18-25(23)38-30(33)41/h7-15,18,26,28,39H,4-6,16-17H2,1-3H3,(H,37,40)(H,38,41)/t26-,28+,33+/m0/s1. The van der Waals surface area contributed by atoms with Crippen LogP contribution in [0.5, 0.6) is 0 Å². The van der Waals surface area contributed by atoms with E-state index in [9.17, 15) is 9.59 Å². The molecule has 3 aromatic carbocycles. The number of amides is 2. The number of fused-ring (bicyclic) bond motifs is 3. The molecule has 214 valence electrons. The Labute approximate surface area is 250 Å². The molecule has 8 heteroatoms. The van der Waals surface area contributed by atoms with Gasteiger partial charge < -0.3 is 10.6 Å². The third-order valence-corrected chi connectivity index (χ3v) is 9.85. The molecule has 5 nitrogen and oxygen atoms in total. The number of rotatable bonds is 3. The first kappa shape index (κ1) is 28.2. The summed E-state index contributed by atoms with van der Waals surface area (Å²) in [7, 11) is 0. The molecule has 0 radical (unpaired) electrons. The minimum Gasteiger partial charge on any atom is -0.325 e. The maximum atomic E-state index is 16.0. The van der Waals surface area contributed by atoms with E-state index < -0.39 is 28.7 Å². The molecule has 2 aliphatic heterocycles. The van der Waals surface area contributed by atoms with Gasteiger partial charge in [-0.2, -0.15) is 0 Å². The number of carbonyl (C=O) groups excluding carboxylic acids is 2. The van der Waals surface area contributed by atoms with E-state index >= 15 is 4.39 Å². The highest BCUT2D eigenvalue weighted by Gasteiger charge is 2.72. The molecule has 2 fully saturated rings. The fourth-order valence-corrected chi connectivity index (χ4v) is 7.85. The number of anilines is 2. The maximum absolute atomic E-state index is 16.0. The Balaban J connectivity index is 1.52. The van der Waals surface area contributed by atoms with E-state index in [4.69, 9.17) is 23.2 Å². The van der Waals surface area contributed by atoms with Crippen molar-refractivity contribution in [1.82, 2.24) is 5.32 Å². The molecule has 2 amide bonds. The summed E-state index contributed by atoms with van der Waals surface area (Å²) in [4.78, 5) is 28.6. The monoisotopic (exact) mass is 593 g/mol. The zero-order chi connectivity index (χ0) is 29.2. The highest BCUT2D eigenvalue weighted by molar-refractivity contribution is 6.31. The third kappa shape index (κ3) is 4.38. The van der Waals surface area contributed by atoms with Crippen LogP contribution in [0.1, 0.15) is 75.5 Å². The number of carbonyl (C=O) groups is 2. The van der Waals surface area contributed by atoms with Gasteiger partial charge in [-0.25, -0.2) is 4.39 Å². The van der Waals surface area contributed by atoms with Crippen molar-refractivity contribution in [3.05, 3.63) is 93.2 Å². The van der Waals surface area contributed by atoms with Crippen molar-refractivity contribution < 1.29 is 14.0 Å². The number of nitrogens with one attached hydrogen (secondary N) is 3. The topological polar surface area (TPSA) is 70.2 Å². The van der Waals surface area contributed by atoms with Crippen LogP contribution in [-0.4, -0.2) is 23.4 Å². The van der Waals surface area contributed by atoms with Crippen molar-refractivity contribution in [1.29, 1.82) is 0 Å². The van der Waals surface area contributed by atoms with E-state index in [-0.39, 0.29) is 27.8 Å². The minimum absolute atomic E-state index is 0.0311. The second kappa shape index (κ2) is 10.1. The smallest absolute Gasteiger partial charge is 0.242 e. The molecule has 2 heterocycles. The number of hydrogen-bond donors (Lipinski definition) is 3. The zero-order valence-corrected chi connectivity index (χ0v) is 24.9. The third-order valence-electron chi connectivity index (χ3n) is 9.32. The number of halogens is 3. The number of hydrogen-bond acceptors (Lipinski definition) is 3.